The van der Waals surface area contributed by atoms with Gasteiger partial charge in [0.1, 0.15) is 11.6 Å². The molecule has 0 unspecified atom stereocenters. The number of hydrogen-bond acceptors (Lipinski definition) is 4. The Morgan fingerprint density at radius 2 is 1.83 bits per heavy atom. The van der Waals surface area contributed by atoms with E-state index in [9.17, 15) is 0 Å². The number of nitrogens with one attached hydrogen (secondary N) is 1. The first kappa shape index (κ1) is 13.7. The summed E-state index contributed by atoms with van der Waals surface area (Å²) in [4.78, 5) is 7.88. The Hall–Kier alpha value is -2.92. The van der Waals surface area contributed by atoms with Crippen molar-refractivity contribution in [2.24, 2.45) is 0 Å². The van der Waals surface area contributed by atoms with Crippen LogP contribution < -0.4 is 4.74 Å². The Balaban J connectivity index is 1.66. The van der Waals surface area contributed by atoms with Gasteiger partial charge in [-0.15, -0.1) is 10.2 Å². The number of fused-ring (bicyclic) bond motifs is 1. The maximum atomic E-state index is 5.72. The summed E-state index contributed by atoms with van der Waals surface area (Å²) in [6.07, 6.45) is 0. The number of halogens is 1. The third kappa shape index (κ3) is 2.86. The van der Waals surface area contributed by atoms with Gasteiger partial charge >= 0.3 is 0 Å². The number of para-hydroxylation sites is 2. The fraction of sp³-hybridized carbons (Fsp3) is 0. The fourth-order valence-electron chi connectivity index (χ4n) is 2.28. The molecule has 5 nitrogen and oxygen atoms in total. The maximum absolute atomic E-state index is 5.72. The van der Waals surface area contributed by atoms with E-state index in [1.54, 1.807) is 12.1 Å². The van der Waals surface area contributed by atoms with E-state index in [4.69, 9.17) is 16.3 Å². The Morgan fingerprint density at radius 3 is 2.65 bits per heavy atom. The molecule has 0 saturated carbocycles. The lowest BCUT2D eigenvalue weighted by Crippen LogP contribution is -1.90. The summed E-state index contributed by atoms with van der Waals surface area (Å²) in [5, 5.41) is 7.97. The summed E-state index contributed by atoms with van der Waals surface area (Å²) in [7, 11) is 0. The third-order valence-corrected chi connectivity index (χ3v) is 3.53. The molecule has 0 radical (unpaired) electrons. The maximum Gasteiger partial charge on any atom is 0.238 e. The Bertz CT molecular complexity index is 933. The van der Waals surface area contributed by atoms with Crippen LogP contribution in [0.4, 0.5) is 0 Å². The van der Waals surface area contributed by atoms with Gasteiger partial charge in [0.15, 0.2) is 5.15 Å². The molecule has 0 aliphatic rings. The molecule has 0 atom stereocenters. The van der Waals surface area contributed by atoms with Crippen molar-refractivity contribution < 1.29 is 4.74 Å². The van der Waals surface area contributed by atoms with Crippen LogP contribution in [-0.2, 0) is 0 Å². The van der Waals surface area contributed by atoms with Crippen molar-refractivity contribution in [3.05, 3.63) is 65.8 Å². The molecule has 2 aromatic carbocycles. The molecular formula is C17H11ClN4O. The minimum Gasteiger partial charge on any atom is -0.438 e. The van der Waals surface area contributed by atoms with E-state index < -0.39 is 0 Å². The molecule has 2 aromatic heterocycles. The molecule has 6 heteroatoms. The molecule has 0 aliphatic carbocycles. The predicted molar refractivity (Wildman–Crippen MR) is 88.6 cm³/mol. The first-order chi connectivity index (χ1) is 11.3. The molecule has 112 valence electrons. The number of aromatic nitrogens is 4. The van der Waals surface area contributed by atoms with Crippen LogP contribution in [0.3, 0.4) is 0 Å². The summed E-state index contributed by atoms with van der Waals surface area (Å²) in [6.45, 7) is 0. The minimum atomic E-state index is 0.327. The van der Waals surface area contributed by atoms with Crippen LogP contribution in [0, 0.1) is 0 Å². The van der Waals surface area contributed by atoms with Crippen LogP contribution in [-0.4, -0.2) is 20.2 Å². The molecule has 1 N–H and O–H groups in total. The molecule has 0 spiro atoms. The highest BCUT2D eigenvalue weighted by Gasteiger charge is 2.07. The Labute approximate surface area is 136 Å². The van der Waals surface area contributed by atoms with E-state index in [1.165, 1.54) is 0 Å². The van der Waals surface area contributed by atoms with Crippen LogP contribution in [0.5, 0.6) is 11.6 Å². The summed E-state index contributed by atoms with van der Waals surface area (Å²) in [5.74, 6) is 1.83. The molecule has 0 saturated heterocycles. The van der Waals surface area contributed by atoms with E-state index in [0.717, 1.165) is 22.4 Å². The van der Waals surface area contributed by atoms with Gasteiger partial charge in [-0.2, -0.15) is 0 Å². The topological polar surface area (TPSA) is 63.7 Å². The second kappa shape index (κ2) is 5.70. The lowest BCUT2D eigenvalue weighted by molar-refractivity contribution is 0.455. The standard InChI is InChI=1S/C17H11ClN4O/c18-15-8-9-16(22-21-15)23-12-5-3-4-11(10-12)17-19-13-6-1-2-7-14(13)20-17/h1-10H,(H,19,20). The van der Waals surface area contributed by atoms with E-state index in [2.05, 4.69) is 20.2 Å². The lowest BCUT2D eigenvalue weighted by atomic mass is 10.2. The van der Waals surface area contributed by atoms with Gasteiger partial charge in [0.2, 0.25) is 5.88 Å². The van der Waals surface area contributed by atoms with E-state index in [-0.39, 0.29) is 0 Å². The highest BCUT2D eigenvalue weighted by molar-refractivity contribution is 6.29. The summed E-state index contributed by atoms with van der Waals surface area (Å²) in [6, 6.07) is 18.8. The van der Waals surface area contributed by atoms with Gasteiger partial charge in [0.05, 0.1) is 11.0 Å². The van der Waals surface area contributed by atoms with Gasteiger partial charge in [-0.05, 0) is 30.3 Å². The Kier molecular flexibility index (Phi) is 3.40. The number of H-pyrrole nitrogens is 1. The first-order valence-corrected chi connectivity index (χ1v) is 7.38. The van der Waals surface area contributed by atoms with Crippen molar-refractivity contribution in [2.45, 2.75) is 0 Å². The zero-order chi connectivity index (χ0) is 15.6. The number of rotatable bonds is 3. The van der Waals surface area contributed by atoms with Crippen molar-refractivity contribution in [1.82, 2.24) is 20.2 Å². The number of nitrogens with zero attached hydrogens (tertiary/aromatic N) is 3. The van der Waals surface area contributed by atoms with E-state index in [0.29, 0.717) is 16.8 Å². The highest BCUT2D eigenvalue weighted by atomic mass is 35.5. The van der Waals surface area contributed by atoms with E-state index >= 15 is 0 Å². The summed E-state index contributed by atoms with van der Waals surface area (Å²) >= 11 is 5.72. The third-order valence-electron chi connectivity index (χ3n) is 3.33. The fourth-order valence-corrected chi connectivity index (χ4v) is 2.38. The molecule has 23 heavy (non-hydrogen) atoms. The van der Waals surface area contributed by atoms with Gasteiger partial charge in [-0.1, -0.05) is 35.9 Å². The van der Waals surface area contributed by atoms with Crippen LogP contribution in [0.1, 0.15) is 0 Å². The second-order valence-corrected chi connectivity index (χ2v) is 5.31. The normalized spacial score (nSPS) is 10.8. The molecule has 4 aromatic rings. The molecule has 0 fully saturated rings. The highest BCUT2D eigenvalue weighted by Crippen LogP contribution is 2.26. The summed E-state index contributed by atoms with van der Waals surface area (Å²) in [5.41, 5.74) is 2.86. The summed E-state index contributed by atoms with van der Waals surface area (Å²) < 4.78 is 5.70. The number of imidazole rings is 1. The zero-order valence-corrected chi connectivity index (χ0v) is 12.7. The predicted octanol–water partition coefficient (Wildman–Crippen LogP) is 4.47. The number of ether oxygens (including phenoxy) is 1. The number of benzene rings is 2. The molecule has 4 rings (SSSR count). The number of aromatic amines is 1. The molecule has 0 aliphatic heterocycles. The minimum absolute atomic E-state index is 0.327. The van der Waals surface area contributed by atoms with Crippen molar-refractivity contribution in [1.29, 1.82) is 0 Å². The SMILES string of the molecule is Clc1ccc(Oc2cccc(-c3nc4ccccc4[nH]3)c2)nn1. The smallest absolute Gasteiger partial charge is 0.238 e. The Morgan fingerprint density at radius 1 is 0.913 bits per heavy atom. The van der Waals surface area contributed by atoms with Crippen molar-refractivity contribution >= 4 is 22.6 Å². The lowest BCUT2D eigenvalue weighted by Gasteiger charge is -2.05. The quantitative estimate of drug-likeness (QED) is 0.604. The van der Waals surface area contributed by atoms with Gasteiger partial charge in [-0.3, -0.25) is 0 Å². The van der Waals surface area contributed by atoms with Crippen molar-refractivity contribution in [2.75, 3.05) is 0 Å². The van der Waals surface area contributed by atoms with Crippen LogP contribution in [0.2, 0.25) is 5.15 Å². The average Bonchev–Trinajstić information content (AvgIpc) is 3.01. The molecule has 0 bridgehead atoms. The van der Waals surface area contributed by atoms with E-state index in [1.807, 2.05) is 48.5 Å². The van der Waals surface area contributed by atoms with Gasteiger partial charge in [0, 0.05) is 11.6 Å². The second-order valence-electron chi connectivity index (χ2n) is 4.93. The molecule has 0 amide bonds. The molecule has 2 heterocycles. The molecular weight excluding hydrogens is 312 g/mol. The van der Waals surface area contributed by atoms with Crippen LogP contribution in [0.25, 0.3) is 22.4 Å². The number of hydrogen-bond donors (Lipinski definition) is 1. The van der Waals surface area contributed by atoms with Crippen LogP contribution >= 0.6 is 11.6 Å². The first-order valence-electron chi connectivity index (χ1n) is 7.00. The van der Waals surface area contributed by atoms with Crippen molar-refractivity contribution in [3.63, 3.8) is 0 Å². The van der Waals surface area contributed by atoms with Crippen molar-refractivity contribution in [3.8, 4) is 23.0 Å². The monoisotopic (exact) mass is 322 g/mol. The average molecular weight is 323 g/mol. The van der Waals surface area contributed by atoms with Gasteiger partial charge in [-0.25, -0.2) is 4.98 Å². The van der Waals surface area contributed by atoms with Crippen LogP contribution in [0.15, 0.2) is 60.7 Å². The zero-order valence-electron chi connectivity index (χ0n) is 11.9. The van der Waals surface area contributed by atoms with Gasteiger partial charge in [0.25, 0.3) is 0 Å². The largest absolute Gasteiger partial charge is 0.438 e. The van der Waals surface area contributed by atoms with Gasteiger partial charge < -0.3 is 9.72 Å².